The van der Waals surface area contributed by atoms with Crippen molar-refractivity contribution in [1.82, 2.24) is 10.6 Å². The van der Waals surface area contributed by atoms with E-state index in [2.05, 4.69) is 5.32 Å². The Morgan fingerprint density at radius 1 is 1.07 bits per heavy atom. The van der Waals surface area contributed by atoms with Gasteiger partial charge in [0.1, 0.15) is 6.04 Å². The highest BCUT2D eigenvalue weighted by Gasteiger charge is 2.44. The monoisotopic (exact) mass is 419 g/mol. The number of hydrogen-bond donors (Lipinski definition) is 2. The number of carbonyl (C=O) groups excluding carboxylic acids is 3. The van der Waals surface area contributed by atoms with Crippen molar-refractivity contribution in [1.29, 1.82) is 0 Å². The third-order valence-electron chi connectivity index (χ3n) is 4.95. The lowest BCUT2D eigenvalue weighted by Crippen LogP contribution is -2.55. The second kappa shape index (κ2) is 8.17. The maximum absolute atomic E-state index is 14.9. The van der Waals surface area contributed by atoms with Crippen molar-refractivity contribution >= 4 is 23.4 Å². The van der Waals surface area contributed by atoms with Gasteiger partial charge in [-0.1, -0.05) is 42.5 Å². The Bertz CT molecular complexity index is 994. The molecule has 9 heteroatoms. The lowest BCUT2D eigenvalue weighted by molar-refractivity contribution is -0.146. The summed E-state index contributed by atoms with van der Waals surface area (Å²) < 4.78 is 39.5. The fourth-order valence-corrected chi connectivity index (χ4v) is 3.28. The molecule has 158 valence electrons. The van der Waals surface area contributed by atoms with E-state index in [-0.39, 0.29) is 0 Å². The fraction of sp³-hybridized carbons (Fsp3) is 0.286. The highest BCUT2D eigenvalue weighted by molar-refractivity contribution is 6.11. The minimum atomic E-state index is -3.15. The van der Waals surface area contributed by atoms with Gasteiger partial charge in [-0.05, 0) is 24.1 Å². The van der Waals surface area contributed by atoms with E-state index in [1.807, 2.05) is 6.07 Å². The average molecular weight is 419 g/mol. The van der Waals surface area contributed by atoms with Crippen molar-refractivity contribution < 1.29 is 27.6 Å². The van der Waals surface area contributed by atoms with Crippen molar-refractivity contribution in [3.63, 3.8) is 0 Å². The minimum Gasteiger partial charge on any atom is -0.347 e. The van der Waals surface area contributed by atoms with Gasteiger partial charge in [-0.15, -0.1) is 0 Å². The Morgan fingerprint density at radius 3 is 2.33 bits per heavy atom. The van der Waals surface area contributed by atoms with Crippen LogP contribution in [-0.4, -0.2) is 43.4 Å². The number of rotatable bonds is 5. The molecule has 3 amide bonds. The molecule has 2 N–H and O–H groups in total. The Labute approximate surface area is 171 Å². The Balaban J connectivity index is 1.95. The van der Waals surface area contributed by atoms with Gasteiger partial charge >= 0.3 is 0 Å². The van der Waals surface area contributed by atoms with Crippen molar-refractivity contribution in [2.75, 3.05) is 18.5 Å². The molecule has 0 fully saturated rings. The van der Waals surface area contributed by atoms with E-state index < -0.39 is 42.4 Å². The van der Waals surface area contributed by atoms with Gasteiger partial charge in [0, 0.05) is 12.6 Å². The molecule has 1 aliphatic heterocycles. The molecule has 0 saturated carbocycles. The molecule has 6 nitrogen and oxygen atoms in total. The van der Waals surface area contributed by atoms with Crippen LogP contribution in [0, 0.1) is 0 Å². The van der Waals surface area contributed by atoms with Crippen LogP contribution in [0.2, 0.25) is 0 Å². The summed E-state index contributed by atoms with van der Waals surface area (Å²) >= 11 is 0. The first-order valence-electron chi connectivity index (χ1n) is 9.16. The molecule has 0 radical (unpaired) electrons. The molecule has 1 heterocycles. The van der Waals surface area contributed by atoms with Crippen LogP contribution in [0.25, 0.3) is 11.1 Å². The van der Waals surface area contributed by atoms with Gasteiger partial charge in [0.15, 0.2) is 0 Å². The van der Waals surface area contributed by atoms with Crippen LogP contribution in [0.15, 0.2) is 48.5 Å². The second-order valence-electron chi connectivity index (χ2n) is 7.01. The summed E-state index contributed by atoms with van der Waals surface area (Å²) in [7, 11) is 1.52. The van der Waals surface area contributed by atoms with E-state index in [0.717, 1.165) is 5.56 Å². The lowest BCUT2D eigenvalue weighted by Gasteiger charge is -2.26. The van der Waals surface area contributed by atoms with Crippen LogP contribution in [0.5, 0.6) is 0 Å². The first kappa shape index (κ1) is 21.4. The number of halogens is 3. The zero-order chi connectivity index (χ0) is 22.1. The predicted octanol–water partition coefficient (Wildman–Crippen LogP) is 2.60. The number of anilines is 1. The zero-order valence-corrected chi connectivity index (χ0v) is 16.3. The molecule has 2 aromatic rings. The van der Waals surface area contributed by atoms with Crippen LogP contribution >= 0.6 is 0 Å². The fourth-order valence-electron chi connectivity index (χ4n) is 3.28. The summed E-state index contributed by atoms with van der Waals surface area (Å²) in [6, 6.07) is 12.7. The maximum Gasteiger partial charge on any atom is 0.268 e. The van der Waals surface area contributed by atoms with Crippen molar-refractivity contribution in [2.45, 2.75) is 25.1 Å². The van der Waals surface area contributed by atoms with Crippen molar-refractivity contribution in [3.05, 3.63) is 54.1 Å². The predicted molar refractivity (Wildman–Crippen MR) is 105 cm³/mol. The normalized spacial score (nSPS) is 17.5. The first-order chi connectivity index (χ1) is 14.1. The van der Waals surface area contributed by atoms with E-state index >= 15 is 0 Å². The van der Waals surface area contributed by atoms with E-state index in [1.54, 1.807) is 47.8 Å². The molecular weight excluding hydrogens is 399 g/mol. The number of carbonyl (C=O) groups is 3. The largest absolute Gasteiger partial charge is 0.347 e. The number of fused-ring (bicyclic) bond motifs is 3. The summed E-state index contributed by atoms with van der Waals surface area (Å²) in [5, 5.41) is 3.97. The van der Waals surface area contributed by atoms with Gasteiger partial charge in [0.05, 0.1) is 12.2 Å². The van der Waals surface area contributed by atoms with Crippen molar-refractivity contribution in [2.24, 2.45) is 0 Å². The standard InChI is InChI=1S/C21H20F3N3O3/c1-21(24,19(29)25-11-16(22)23)20(30)26-17-14-9-4-3-7-12(14)13-8-5-6-10-15(13)27(2)18(17)28/h3-10,16-17H,11H2,1-2H3,(H,25,29)(H,26,30). The smallest absolute Gasteiger partial charge is 0.268 e. The van der Waals surface area contributed by atoms with Gasteiger partial charge in [-0.2, -0.15) is 0 Å². The summed E-state index contributed by atoms with van der Waals surface area (Å²) in [6.07, 6.45) is -2.89. The van der Waals surface area contributed by atoms with Crippen LogP contribution in [0.3, 0.4) is 0 Å². The Morgan fingerprint density at radius 2 is 1.67 bits per heavy atom. The Hall–Kier alpha value is -3.36. The van der Waals surface area contributed by atoms with E-state index in [1.165, 1.54) is 11.9 Å². The quantitative estimate of drug-likeness (QED) is 0.732. The van der Waals surface area contributed by atoms with Gasteiger partial charge in [-0.25, -0.2) is 13.2 Å². The van der Waals surface area contributed by atoms with E-state index in [4.69, 9.17) is 0 Å². The highest BCUT2D eigenvalue weighted by Crippen LogP contribution is 2.39. The lowest BCUT2D eigenvalue weighted by atomic mass is 9.95. The van der Waals surface area contributed by atoms with E-state index in [0.29, 0.717) is 23.7 Å². The molecule has 2 atom stereocenters. The Kier molecular flexibility index (Phi) is 5.82. The van der Waals surface area contributed by atoms with Gasteiger partial charge < -0.3 is 15.5 Å². The van der Waals surface area contributed by atoms with Crippen LogP contribution in [0.4, 0.5) is 18.9 Å². The minimum absolute atomic E-state index is 0.427. The molecule has 0 bridgehead atoms. The number of amides is 3. The maximum atomic E-state index is 14.9. The third kappa shape index (κ3) is 3.87. The summed E-state index contributed by atoms with van der Waals surface area (Å²) in [5.41, 5.74) is -0.708. The summed E-state index contributed by atoms with van der Waals surface area (Å²) in [4.78, 5) is 38.9. The second-order valence-corrected chi connectivity index (χ2v) is 7.01. The molecule has 3 rings (SSSR count). The molecule has 1 aliphatic rings. The zero-order valence-electron chi connectivity index (χ0n) is 16.3. The molecule has 0 spiro atoms. The number of alkyl halides is 3. The van der Waals surface area contributed by atoms with Crippen LogP contribution in [0.1, 0.15) is 18.5 Å². The van der Waals surface area contributed by atoms with Gasteiger partial charge in [0.25, 0.3) is 29.8 Å². The van der Waals surface area contributed by atoms with E-state index in [9.17, 15) is 27.6 Å². The number of nitrogens with zero attached hydrogens (tertiary/aromatic N) is 1. The summed E-state index contributed by atoms with van der Waals surface area (Å²) in [5.74, 6) is -3.45. The average Bonchev–Trinajstić information content (AvgIpc) is 2.82. The molecule has 0 aromatic heterocycles. The molecule has 0 saturated heterocycles. The summed E-state index contributed by atoms with van der Waals surface area (Å²) in [6.45, 7) is -0.427. The number of benzene rings is 2. The molecule has 30 heavy (non-hydrogen) atoms. The highest BCUT2D eigenvalue weighted by atomic mass is 19.3. The third-order valence-corrected chi connectivity index (χ3v) is 4.95. The van der Waals surface area contributed by atoms with Crippen molar-refractivity contribution in [3.8, 4) is 11.1 Å². The molecule has 2 unspecified atom stereocenters. The number of likely N-dealkylation sites (N-methyl/N-ethyl adjacent to an activating group) is 1. The van der Waals surface area contributed by atoms with Crippen LogP contribution < -0.4 is 15.5 Å². The van der Waals surface area contributed by atoms with Gasteiger partial charge in [0.2, 0.25) is 0 Å². The molecular formula is C21H20F3N3O3. The SMILES string of the molecule is CN1C(=O)C(NC(=O)C(C)(F)C(=O)NCC(F)F)c2ccccc2-c2ccccc21. The topological polar surface area (TPSA) is 78.5 Å². The molecule has 0 aliphatic carbocycles. The first-order valence-corrected chi connectivity index (χ1v) is 9.16. The number of nitrogens with one attached hydrogen (secondary N) is 2. The van der Waals surface area contributed by atoms with Gasteiger partial charge in [-0.3, -0.25) is 14.4 Å². The number of hydrogen-bond acceptors (Lipinski definition) is 3. The molecule has 2 aromatic carbocycles. The number of para-hydroxylation sites is 1. The van der Waals surface area contributed by atoms with Crippen LogP contribution in [-0.2, 0) is 14.4 Å².